The number of nitrogens with zero attached hydrogens (tertiary/aromatic N) is 1. The Morgan fingerprint density at radius 2 is 2.00 bits per heavy atom. The van der Waals surface area contributed by atoms with Crippen LogP contribution in [0, 0.1) is 11.3 Å². The van der Waals surface area contributed by atoms with Crippen LogP contribution in [-0.2, 0) is 0 Å². The smallest absolute Gasteiger partial charge is 0.144 e. The molecular formula is C15H31N3O. The van der Waals surface area contributed by atoms with Crippen LogP contribution in [0.2, 0.25) is 0 Å². The van der Waals surface area contributed by atoms with E-state index in [1.165, 1.54) is 25.7 Å². The molecule has 4 N–H and O–H groups in total. The first-order chi connectivity index (χ1) is 8.97. The average Bonchev–Trinajstić information content (AvgIpc) is 2.39. The SMILES string of the molecule is CC1CCCCC1NCCCCC(C)(C)C(N)=NO. The van der Waals surface area contributed by atoms with E-state index < -0.39 is 0 Å². The minimum Gasteiger partial charge on any atom is -0.409 e. The lowest BCUT2D eigenvalue weighted by Crippen LogP contribution is -2.38. The van der Waals surface area contributed by atoms with E-state index in [1.807, 2.05) is 13.8 Å². The van der Waals surface area contributed by atoms with Crippen molar-refractivity contribution in [1.29, 1.82) is 0 Å². The van der Waals surface area contributed by atoms with Crippen molar-refractivity contribution in [1.82, 2.24) is 5.32 Å². The van der Waals surface area contributed by atoms with E-state index in [4.69, 9.17) is 10.9 Å². The van der Waals surface area contributed by atoms with Gasteiger partial charge in [-0.05, 0) is 38.1 Å². The monoisotopic (exact) mass is 269 g/mol. The first-order valence-electron chi connectivity index (χ1n) is 7.69. The number of hydrogen-bond acceptors (Lipinski definition) is 3. The summed E-state index contributed by atoms with van der Waals surface area (Å²) in [4.78, 5) is 0. The van der Waals surface area contributed by atoms with Gasteiger partial charge in [0, 0.05) is 11.5 Å². The lowest BCUT2D eigenvalue weighted by Gasteiger charge is -2.30. The Labute approximate surface area is 117 Å². The molecule has 2 unspecified atom stereocenters. The highest BCUT2D eigenvalue weighted by atomic mass is 16.4. The van der Waals surface area contributed by atoms with Gasteiger partial charge in [-0.3, -0.25) is 0 Å². The van der Waals surface area contributed by atoms with Gasteiger partial charge in [0.05, 0.1) is 0 Å². The Balaban J connectivity index is 2.14. The summed E-state index contributed by atoms with van der Waals surface area (Å²) in [6.45, 7) is 7.50. The van der Waals surface area contributed by atoms with E-state index in [-0.39, 0.29) is 5.41 Å². The normalized spacial score (nSPS) is 25.5. The molecule has 1 fully saturated rings. The van der Waals surface area contributed by atoms with Crippen molar-refractivity contribution in [3.63, 3.8) is 0 Å². The van der Waals surface area contributed by atoms with E-state index >= 15 is 0 Å². The summed E-state index contributed by atoms with van der Waals surface area (Å²) in [6.07, 6.45) is 8.70. The molecule has 0 aromatic carbocycles. The predicted octanol–water partition coefficient (Wildman–Crippen LogP) is 3.10. The lowest BCUT2D eigenvalue weighted by molar-refractivity contribution is 0.277. The number of rotatable bonds is 7. The fraction of sp³-hybridized carbons (Fsp3) is 0.933. The fourth-order valence-corrected chi connectivity index (χ4v) is 2.86. The molecule has 112 valence electrons. The molecule has 0 aromatic rings. The first-order valence-corrected chi connectivity index (χ1v) is 7.69. The molecule has 0 amide bonds. The Hall–Kier alpha value is -0.770. The number of hydrogen-bond donors (Lipinski definition) is 3. The van der Waals surface area contributed by atoms with Crippen molar-refractivity contribution in [3.05, 3.63) is 0 Å². The van der Waals surface area contributed by atoms with Crippen LogP contribution in [0.25, 0.3) is 0 Å². The average molecular weight is 269 g/mol. The molecule has 19 heavy (non-hydrogen) atoms. The predicted molar refractivity (Wildman–Crippen MR) is 80.5 cm³/mol. The topological polar surface area (TPSA) is 70.6 Å². The van der Waals surface area contributed by atoms with Gasteiger partial charge in [0.15, 0.2) is 0 Å². The van der Waals surface area contributed by atoms with Crippen LogP contribution in [0.1, 0.15) is 65.7 Å². The zero-order valence-corrected chi connectivity index (χ0v) is 12.8. The van der Waals surface area contributed by atoms with E-state index in [0.29, 0.717) is 11.9 Å². The summed E-state index contributed by atoms with van der Waals surface area (Å²) >= 11 is 0. The molecule has 0 radical (unpaired) electrons. The molecule has 0 heterocycles. The molecule has 1 rings (SSSR count). The summed E-state index contributed by atoms with van der Waals surface area (Å²) < 4.78 is 0. The number of oxime groups is 1. The van der Waals surface area contributed by atoms with Gasteiger partial charge < -0.3 is 16.3 Å². The number of nitrogens with two attached hydrogens (primary N) is 1. The van der Waals surface area contributed by atoms with Gasteiger partial charge in [-0.15, -0.1) is 0 Å². The van der Waals surface area contributed by atoms with E-state index in [9.17, 15) is 0 Å². The largest absolute Gasteiger partial charge is 0.409 e. The fourth-order valence-electron chi connectivity index (χ4n) is 2.86. The second-order valence-electron chi connectivity index (χ2n) is 6.65. The molecule has 1 aliphatic rings. The Morgan fingerprint density at radius 3 is 2.63 bits per heavy atom. The van der Waals surface area contributed by atoms with Crippen LogP contribution in [0.5, 0.6) is 0 Å². The van der Waals surface area contributed by atoms with Gasteiger partial charge in [0.2, 0.25) is 0 Å². The minimum absolute atomic E-state index is 0.202. The van der Waals surface area contributed by atoms with Crippen LogP contribution in [0.15, 0.2) is 5.16 Å². The third-order valence-electron chi connectivity index (χ3n) is 4.55. The highest BCUT2D eigenvalue weighted by Gasteiger charge is 2.23. The van der Waals surface area contributed by atoms with Crippen LogP contribution < -0.4 is 11.1 Å². The summed E-state index contributed by atoms with van der Waals surface area (Å²) in [5.74, 6) is 1.16. The summed E-state index contributed by atoms with van der Waals surface area (Å²) in [5, 5.41) is 15.5. The number of unbranched alkanes of at least 4 members (excludes halogenated alkanes) is 1. The molecule has 0 aliphatic heterocycles. The molecule has 1 saturated carbocycles. The van der Waals surface area contributed by atoms with E-state index in [2.05, 4.69) is 17.4 Å². The zero-order valence-electron chi connectivity index (χ0n) is 12.8. The quantitative estimate of drug-likeness (QED) is 0.219. The molecule has 2 atom stereocenters. The van der Waals surface area contributed by atoms with Crippen molar-refractivity contribution in [2.75, 3.05) is 6.54 Å². The van der Waals surface area contributed by atoms with Crippen LogP contribution in [-0.4, -0.2) is 23.6 Å². The lowest BCUT2D eigenvalue weighted by atomic mass is 9.85. The van der Waals surface area contributed by atoms with Crippen molar-refractivity contribution >= 4 is 5.84 Å². The molecule has 1 aliphatic carbocycles. The van der Waals surface area contributed by atoms with Crippen molar-refractivity contribution in [2.45, 2.75) is 71.8 Å². The third-order valence-corrected chi connectivity index (χ3v) is 4.55. The maximum absolute atomic E-state index is 8.72. The Kier molecular flexibility index (Phi) is 6.63. The van der Waals surface area contributed by atoms with E-state index in [0.717, 1.165) is 31.7 Å². The van der Waals surface area contributed by atoms with Crippen molar-refractivity contribution < 1.29 is 5.21 Å². The Bertz CT molecular complexity index is 289. The zero-order chi connectivity index (χ0) is 14.3. The third kappa shape index (κ3) is 5.39. The second-order valence-corrected chi connectivity index (χ2v) is 6.65. The highest BCUT2D eigenvalue weighted by molar-refractivity contribution is 5.85. The molecule has 4 nitrogen and oxygen atoms in total. The summed E-state index contributed by atoms with van der Waals surface area (Å²) in [5.41, 5.74) is 5.48. The van der Waals surface area contributed by atoms with Gasteiger partial charge in [-0.25, -0.2) is 0 Å². The number of nitrogens with one attached hydrogen (secondary N) is 1. The molecular weight excluding hydrogens is 238 g/mol. The van der Waals surface area contributed by atoms with Gasteiger partial charge in [-0.2, -0.15) is 0 Å². The summed E-state index contributed by atoms with van der Waals surface area (Å²) in [7, 11) is 0. The van der Waals surface area contributed by atoms with Crippen molar-refractivity contribution in [3.8, 4) is 0 Å². The molecule has 0 spiro atoms. The molecule has 4 heteroatoms. The van der Waals surface area contributed by atoms with E-state index in [1.54, 1.807) is 0 Å². The number of amidine groups is 1. The van der Waals surface area contributed by atoms with Gasteiger partial charge in [0.1, 0.15) is 5.84 Å². The van der Waals surface area contributed by atoms with Gasteiger partial charge in [0.25, 0.3) is 0 Å². The maximum Gasteiger partial charge on any atom is 0.144 e. The standard InChI is InChI=1S/C15H31N3O/c1-12-8-4-5-9-13(12)17-11-7-6-10-15(2,3)14(16)18-19/h12-13,17,19H,4-11H2,1-3H3,(H2,16,18). The van der Waals surface area contributed by atoms with Crippen molar-refractivity contribution in [2.24, 2.45) is 22.2 Å². The van der Waals surface area contributed by atoms with Crippen LogP contribution in [0.4, 0.5) is 0 Å². The minimum atomic E-state index is -0.202. The van der Waals surface area contributed by atoms with Gasteiger partial charge >= 0.3 is 0 Å². The summed E-state index contributed by atoms with van der Waals surface area (Å²) in [6, 6.07) is 0.714. The highest BCUT2D eigenvalue weighted by Crippen LogP contribution is 2.25. The molecule has 0 bridgehead atoms. The van der Waals surface area contributed by atoms with Crippen LogP contribution >= 0.6 is 0 Å². The van der Waals surface area contributed by atoms with Gasteiger partial charge in [-0.1, -0.05) is 45.2 Å². The molecule has 0 aromatic heterocycles. The Morgan fingerprint density at radius 1 is 1.32 bits per heavy atom. The van der Waals surface area contributed by atoms with Crippen LogP contribution in [0.3, 0.4) is 0 Å². The molecule has 0 saturated heterocycles. The first kappa shape index (κ1) is 16.3. The second kappa shape index (κ2) is 7.73. The maximum atomic E-state index is 8.72.